The molecule has 4 rings (SSSR count). The molecule has 2 aliphatic heterocycles. The summed E-state index contributed by atoms with van der Waals surface area (Å²) in [5, 5.41) is 5.73. The summed E-state index contributed by atoms with van der Waals surface area (Å²) in [6.45, 7) is 10.9. The van der Waals surface area contributed by atoms with E-state index in [1.807, 2.05) is 13.8 Å². The van der Waals surface area contributed by atoms with Gasteiger partial charge in [0.15, 0.2) is 0 Å². The predicted molar refractivity (Wildman–Crippen MR) is 126 cm³/mol. The van der Waals surface area contributed by atoms with Gasteiger partial charge in [-0.1, -0.05) is 42.5 Å². The Kier molecular flexibility index (Phi) is 7.59. The molecule has 0 saturated carbocycles. The standard InChI is InChI=1S/C26H37N3O2/c1-20(2)27-26(30)11-10-23-19-28(13-12-25(23)29-14-16-31-17-15-29)18-22-8-5-7-21-6-3-4-9-24(21)22/h3-9,20,23,25H,10-19H2,1-2H3,(H,27,30)/t23-,25+/m0/s1. The molecule has 0 radical (unpaired) electrons. The highest BCUT2D eigenvalue weighted by molar-refractivity contribution is 5.85. The quantitative estimate of drug-likeness (QED) is 0.738. The fourth-order valence-corrected chi connectivity index (χ4v) is 5.29. The van der Waals surface area contributed by atoms with Gasteiger partial charge in [0.2, 0.25) is 5.91 Å². The van der Waals surface area contributed by atoms with E-state index in [2.05, 4.69) is 57.6 Å². The maximum absolute atomic E-state index is 12.3. The molecule has 0 aliphatic carbocycles. The van der Waals surface area contributed by atoms with E-state index in [9.17, 15) is 4.79 Å². The van der Waals surface area contributed by atoms with E-state index < -0.39 is 0 Å². The number of nitrogens with one attached hydrogen (secondary N) is 1. The molecule has 2 atom stereocenters. The fourth-order valence-electron chi connectivity index (χ4n) is 5.29. The number of benzene rings is 2. The van der Waals surface area contributed by atoms with E-state index in [-0.39, 0.29) is 11.9 Å². The molecule has 2 aliphatic rings. The van der Waals surface area contributed by atoms with Crippen molar-refractivity contribution < 1.29 is 9.53 Å². The van der Waals surface area contributed by atoms with Crippen molar-refractivity contribution in [2.75, 3.05) is 39.4 Å². The van der Waals surface area contributed by atoms with Gasteiger partial charge in [-0.2, -0.15) is 0 Å². The van der Waals surface area contributed by atoms with Crippen molar-refractivity contribution in [2.24, 2.45) is 5.92 Å². The Morgan fingerprint density at radius 3 is 2.68 bits per heavy atom. The van der Waals surface area contributed by atoms with Crippen LogP contribution >= 0.6 is 0 Å². The van der Waals surface area contributed by atoms with Crippen LogP contribution < -0.4 is 5.32 Å². The van der Waals surface area contributed by atoms with Crippen molar-refractivity contribution in [3.05, 3.63) is 48.0 Å². The third-order valence-corrected chi connectivity index (χ3v) is 6.76. The number of morpholine rings is 1. The van der Waals surface area contributed by atoms with Gasteiger partial charge in [-0.05, 0) is 55.5 Å². The molecular weight excluding hydrogens is 386 g/mol. The van der Waals surface area contributed by atoms with Gasteiger partial charge in [0.25, 0.3) is 0 Å². The number of nitrogens with zero attached hydrogens (tertiary/aromatic N) is 2. The second-order valence-electron chi connectivity index (χ2n) is 9.40. The number of ether oxygens (including phenoxy) is 1. The molecule has 0 spiro atoms. The van der Waals surface area contributed by atoms with E-state index in [0.29, 0.717) is 18.4 Å². The normalized spacial score (nSPS) is 23.3. The molecule has 31 heavy (non-hydrogen) atoms. The molecule has 2 fully saturated rings. The lowest BCUT2D eigenvalue weighted by Crippen LogP contribution is -2.54. The Bertz CT molecular complexity index is 857. The lowest BCUT2D eigenvalue weighted by atomic mass is 9.86. The third kappa shape index (κ3) is 5.85. The molecule has 1 amide bonds. The minimum absolute atomic E-state index is 0.182. The van der Waals surface area contributed by atoms with Crippen molar-refractivity contribution in [1.29, 1.82) is 0 Å². The van der Waals surface area contributed by atoms with Gasteiger partial charge in [0, 0.05) is 44.7 Å². The van der Waals surface area contributed by atoms with E-state index in [1.54, 1.807) is 0 Å². The molecule has 0 bridgehead atoms. The van der Waals surface area contributed by atoms with Crippen LogP contribution in [0.2, 0.25) is 0 Å². The van der Waals surface area contributed by atoms with Crippen LogP contribution in [0.4, 0.5) is 0 Å². The summed E-state index contributed by atoms with van der Waals surface area (Å²) in [6, 6.07) is 16.1. The Hall–Kier alpha value is -1.95. The molecule has 1 N–H and O–H groups in total. The van der Waals surface area contributed by atoms with Crippen molar-refractivity contribution in [2.45, 2.75) is 51.7 Å². The number of amides is 1. The van der Waals surface area contributed by atoms with Crippen LogP contribution in [0.3, 0.4) is 0 Å². The summed E-state index contributed by atoms with van der Waals surface area (Å²) in [5.74, 6) is 0.696. The number of carbonyl (C=O) groups is 1. The second-order valence-corrected chi connectivity index (χ2v) is 9.40. The number of piperidine rings is 1. The molecule has 2 heterocycles. The first-order valence-corrected chi connectivity index (χ1v) is 11.9. The summed E-state index contributed by atoms with van der Waals surface area (Å²) < 4.78 is 5.59. The van der Waals surface area contributed by atoms with E-state index in [1.165, 1.54) is 22.8 Å². The summed E-state index contributed by atoms with van der Waals surface area (Å²) in [7, 11) is 0. The molecule has 2 aromatic rings. The minimum Gasteiger partial charge on any atom is -0.379 e. The van der Waals surface area contributed by atoms with Gasteiger partial charge in [-0.15, -0.1) is 0 Å². The van der Waals surface area contributed by atoms with Crippen LogP contribution in [0.5, 0.6) is 0 Å². The topological polar surface area (TPSA) is 44.8 Å². The Morgan fingerprint density at radius 1 is 1.10 bits per heavy atom. The largest absolute Gasteiger partial charge is 0.379 e. The van der Waals surface area contributed by atoms with Gasteiger partial charge in [0.05, 0.1) is 13.2 Å². The number of hydrogen-bond acceptors (Lipinski definition) is 4. The van der Waals surface area contributed by atoms with Gasteiger partial charge < -0.3 is 10.1 Å². The SMILES string of the molecule is CC(C)NC(=O)CC[C@H]1CN(Cc2cccc3ccccc23)CC[C@H]1N1CCOCC1. The van der Waals surface area contributed by atoms with Crippen molar-refractivity contribution in [3.8, 4) is 0 Å². The van der Waals surface area contributed by atoms with Crippen molar-refractivity contribution in [1.82, 2.24) is 15.1 Å². The average molecular weight is 424 g/mol. The summed E-state index contributed by atoms with van der Waals surface area (Å²) in [4.78, 5) is 17.6. The number of carbonyl (C=O) groups excluding carboxylic acids is 1. The molecule has 2 saturated heterocycles. The Morgan fingerprint density at radius 2 is 1.87 bits per heavy atom. The first-order chi connectivity index (χ1) is 15.1. The maximum atomic E-state index is 12.3. The smallest absolute Gasteiger partial charge is 0.220 e. The predicted octanol–water partition coefficient (Wildman–Crippen LogP) is 3.67. The molecular formula is C26H37N3O2. The Labute approximate surface area is 186 Å². The summed E-state index contributed by atoms with van der Waals surface area (Å²) >= 11 is 0. The number of hydrogen-bond donors (Lipinski definition) is 1. The lowest BCUT2D eigenvalue weighted by Gasteiger charge is -2.45. The second kappa shape index (κ2) is 10.6. The zero-order valence-corrected chi connectivity index (χ0v) is 19.1. The van der Waals surface area contributed by atoms with E-state index in [0.717, 1.165) is 52.4 Å². The Balaban J connectivity index is 1.45. The van der Waals surface area contributed by atoms with Crippen LogP contribution in [-0.2, 0) is 16.1 Å². The highest BCUT2D eigenvalue weighted by Crippen LogP contribution is 2.29. The molecule has 5 heteroatoms. The van der Waals surface area contributed by atoms with E-state index in [4.69, 9.17) is 4.74 Å². The van der Waals surface area contributed by atoms with Crippen LogP contribution in [0.15, 0.2) is 42.5 Å². The third-order valence-electron chi connectivity index (χ3n) is 6.76. The number of likely N-dealkylation sites (tertiary alicyclic amines) is 1. The molecule has 168 valence electrons. The molecule has 2 aromatic carbocycles. The van der Waals surface area contributed by atoms with Crippen LogP contribution in [0, 0.1) is 5.92 Å². The first kappa shape index (κ1) is 22.3. The first-order valence-electron chi connectivity index (χ1n) is 11.9. The van der Waals surface area contributed by atoms with E-state index >= 15 is 0 Å². The van der Waals surface area contributed by atoms with Crippen molar-refractivity contribution >= 4 is 16.7 Å². The fraction of sp³-hybridized carbons (Fsp3) is 0.577. The monoisotopic (exact) mass is 423 g/mol. The zero-order chi connectivity index (χ0) is 21.6. The van der Waals surface area contributed by atoms with Crippen LogP contribution in [-0.4, -0.2) is 67.2 Å². The van der Waals surface area contributed by atoms with Crippen molar-refractivity contribution in [3.63, 3.8) is 0 Å². The van der Waals surface area contributed by atoms with Crippen LogP contribution in [0.25, 0.3) is 10.8 Å². The summed E-state index contributed by atoms with van der Waals surface area (Å²) in [6.07, 6.45) is 2.74. The van der Waals surface area contributed by atoms with Gasteiger partial charge in [-0.25, -0.2) is 0 Å². The highest BCUT2D eigenvalue weighted by Gasteiger charge is 2.34. The number of fused-ring (bicyclic) bond motifs is 1. The molecule has 5 nitrogen and oxygen atoms in total. The molecule has 0 aromatic heterocycles. The number of rotatable bonds is 7. The maximum Gasteiger partial charge on any atom is 0.220 e. The van der Waals surface area contributed by atoms with Gasteiger partial charge >= 0.3 is 0 Å². The van der Waals surface area contributed by atoms with Gasteiger partial charge in [-0.3, -0.25) is 14.6 Å². The van der Waals surface area contributed by atoms with Gasteiger partial charge in [0.1, 0.15) is 0 Å². The molecule has 0 unspecified atom stereocenters. The lowest BCUT2D eigenvalue weighted by molar-refractivity contribution is -0.122. The average Bonchev–Trinajstić information content (AvgIpc) is 2.78. The zero-order valence-electron chi connectivity index (χ0n) is 19.1. The van der Waals surface area contributed by atoms with Crippen LogP contribution in [0.1, 0.15) is 38.7 Å². The highest BCUT2D eigenvalue weighted by atomic mass is 16.5. The minimum atomic E-state index is 0.182. The summed E-state index contributed by atoms with van der Waals surface area (Å²) in [5.41, 5.74) is 1.40.